The van der Waals surface area contributed by atoms with Crippen molar-refractivity contribution in [1.82, 2.24) is 0 Å². The van der Waals surface area contributed by atoms with Crippen molar-refractivity contribution in [3.63, 3.8) is 0 Å². The van der Waals surface area contributed by atoms with Crippen LogP contribution in [0.4, 0.5) is 0 Å². The third-order valence-electron chi connectivity index (χ3n) is 3.11. The summed E-state index contributed by atoms with van der Waals surface area (Å²) in [5.74, 6) is -1.47. The molecule has 1 atom stereocenters. The van der Waals surface area contributed by atoms with E-state index >= 15 is 0 Å². The van der Waals surface area contributed by atoms with Crippen molar-refractivity contribution in [2.75, 3.05) is 6.61 Å². The van der Waals surface area contributed by atoms with Gasteiger partial charge in [-0.05, 0) is 12.8 Å². The maximum atomic E-state index is 11.4. The van der Waals surface area contributed by atoms with Crippen LogP contribution in [-0.4, -0.2) is 30.1 Å². The van der Waals surface area contributed by atoms with Gasteiger partial charge >= 0.3 is 0 Å². The number of rotatable bonds is 2. The highest BCUT2D eigenvalue weighted by Gasteiger charge is 2.45. The summed E-state index contributed by atoms with van der Waals surface area (Å²) >= 11 is 0. The molecule has 2 fully saturated rings. The molecule has 1 saturated heterocycles. The van der Waals surface area contributed by atoms with Gasteiger partial charge < -0.3 is 9.47 Å². The van der Waals surface area contributed by atoms with E-state index in [9.17, 15) is 9.59 Å². The molecule has 4 nitrogen and oxygen atoms in total. The summed E-state index contributed by atoms with van der Waals surface area (Å²) in [6, 6.07) is 0. The van der Waals surface area contributed by atoms with Crippen LogP contribution in [-0.2, 0) is 19.1 Å². The van der Waals surface area contributed by atoms with Crippen molar-refractivity contribution in [2.45, 2.75) is 50.9 Å². The fraction of sp³-hybridized carbons (Fsp3) is 0.818. The van der Waals surface area contributed by atoms with E-state index in [4.69, 9.17) is 9.47 Å². The smallest absolute Gasteiger partial charge is 0.229 e. The van der Waals surface area contributed by atoms with Crippen molar-refractivity contribution in [3.8, 4) is 0 Å². The van der Waals surface area contributed by atoms with Crippen molar-refractivity contribution >= 4 is 11.6 Å². The van der Waals surface area contributed by atoms with Gasteiger partial charge in [-0.1, -0.05) is 6.42 Å². The van der Waals surface area contributed by atoms with E-state index in [1.54, 1.807) is 0 Å². The number of ketones is 2. The molecule has 4 heteroatoms. The van der Waals surface area contributed by atoms with Crippen LogP contribution in [0.25, 0.3) is 0 Å². The highest BCUT2D eigenvalue weighted by molar-refractivity contribution is 6.38. The molecule has 1 aliphatic heterocycles. The zero-order valence-corrected chi connectivity index (χ0v) is 8.95. The largest absolute Gasteiger partial charge is 0.347 e. The molecule has 2 aliphatic rings. The van der Waals surface area contributed by atoms with Crippen LogP contribution in [0.3, 0.4) is 0 Å². The lowest BCUT2D eigenvalue weighted by atomic mass is 9.94. The van der Waals surface area contributed by atoms with Gasteiger partial charge in [0, 0.05) is 19.8 Å². The van der Waals surface area contributed by atoms with Crippen LogP contribution in [0.2, 0.25) is 0 Å². The maximum absolute atomic E-state index is 11.4. The molecule has 1 aliphatic carbocycles. The van der Waals surface area contributed by atoms with E-state index in [1.807, 2.05) is 0 Å². The number of carbonyl (C=O) groups excluding carboxylic acids is 2. The Kier molecular flexibility index (Phi) is 2.89. The van der Waals surface area contributed by atoms with Gasteiger partial charge in [-0.3, -0.25) is 9.59 Å². The number of ether oxygens (including phenoxy) is 2. The molecular formula is C11H16O4. The molecule has 0 radical (unpaired) electrons. The van der Waals surface area contributed by atoms with Gasteiger partial charge in [-0.25, -0.2) is 0 Å². The van der Waals surface area contributed by atoms with E-state index in [-0.39, 0.29) is 6.61 Å². The van der Waals surface area contributed by atoms with E-state index in [1.165, 1.54) is 13.3 Å². The van der Waals surface area contributed by atoms with Gasteiger partial charge in [-0.15, -0.1) is 0 Å². The molecule has 0 aromatic rings. The topological polar surface area (TPSA) is 52.6 Å². The van der Waals surface area contributed by atoms with Crippen LogP contribution in [0.15, 0.2) is 0 Å². The second-order valence-corrected chi connectivity index (χ2v) is 4.31. The van der Waals surface area contributed by atoms with Gasteiger partial charge in [0.1, 0.15) is 0 Å². The summed E-state index contributed by atoms with van der Waals surface area (Å²) in [6.07, 6.45) is 4.35. The number of carbonyl (C=O) groups is 2. The van der Waals surface area contributed by atoms with E-state index in [0.29, 0.717) is 0 Å². The Morgan fingerprint density at radius 3 is 2.47 bits per heavy atom. The van der Waals surface area contributed by atoms with Crippen molar-refractivity contribution in [1.29, 1.82) is 0 Å². The minimum atomic E-state index is -0.666. The lowest BCUT2D eigenvalue weighted by Crippen LogP contribution is -2.36. The minimum Gasteiger partial charge on any atom is -0.347 e. The Bertz CT molecular complexity index is 278. The molecule has 0 bridgehead atoms. The molecule has 0 aromatic heterocycles. The molecule has 1 saturated carbocycles. The Morgan fingerprint density at radius 2 is 1.87 bits per heavy atom. The number of hydrogen-bond acceptors (Lipinski definition) is 4. The van der Waals surface area contributed by atoms with Gasteiger partial charge in [0.2, 0.25) is 5.78 Å². The first-order valence-corrected chi connectivity index (χ1v) is 5.49. The zero-order valence-electron chi connectivity index (χ0n) is 8.95. The first-order valence-electron chi connectivity index (χ1n) is 5.49. The Balaban J connectivity index is 1.99. The zero-order chi connectivity index (χ0) is 10.9. The predicted molar refractivity (Wildman–Crippen MR) is 52.3 cm³/mol. The quantitative estimate of drug-likeness (QED) is 0.646. The summed E-state index contributed by atoms with van der Waals surface area (Å²) in [5.41, 5.74) is 0. The third kappa shape index (κ3) is 2.11. The average Bonchev–Trinajstić information content (AvgIpc) is 2.62. The highest BCUT2D eigenvalue weighted by Crippen LogP contribution is 2.37. The minimum absolute atomic E-state index is 0.235. The molecule has 1 heterocycles. The van der Waals surface area contributed by atoms with Crippen LogP contribution in [0, 0.1) is 0 Å². The summed E-state index contributed by atoms with van der Waals surface area (Å²) in [6.45, 7) is 1.51. The molecule has 0 amide bonds. The highest BCUT2D eigenvalue weighted by atomic mass is 16.7. The van der Waals surface area contributed by atoms with Crippen molar-refractivity contribution < 1.29 is 19.1 Å². The Morgan fingerprint density at radius 1 is 1.20 bits per heavy atom. The van der Waals surface area contributed by atoms with Gasteiger partial charge in [0.05, 0.1) is 6.61 Å². The summed E-state index contributed by atoms with van der Waals surface area (Å²) in [7, 11) is 0. The summed E-state index contributed by atoms with van der Waals surface area (Å²) in [4.78, 5) is 22.3. The fourth-order valence-electron chi connectivity index (χ4n) is 2.26. The lowest BCUT2D eigenvalue weighted by Gasteiger charge is -2.31. The monoisotopic (exact) mass is 212 g/mol. The fourth-order valence-corrected chi connectivity index (χ4v) is 2.26. The molecule has 0 unspecified atom stereocenters. The standard InChI is InChI=1S/C11H16O4/c1-8(12)10(13)9-7-14-11(15-9)5-3-2-4-6-11/h9H,2-7H2,1H3/t9-/m0/s1. The summed E-state index contributed by atoms with van der Waals surface area (Å²) in [5, 5.41) is 0. The number of hydrogen-bond donors (Lipinski definition) is 0. The van der Waals surface area contributed by atoms with E-state index < -0.39 is 23.5 Å². The average molecular weight is 212 g/mol. The molecule has 84 valence electrons. The molecular weight excluding hydrogens is 196 g/mol. The SMILES string of the molecule is CC(=O)C(=O)[C@@H]1COC2(CCCCC2)O1. The maximum Gasteiger partial charge on any atom is 0.229 e. The van der Waals surface area contributed by atoms with E-state index in [0.717, 1.165) is 25.7 Å². The van der Waals surface area contributed by atoms with Gasteiger partial charge in [0.15, 0.2) is 17.7 Å². The first-order chi connectivity index (χ1) is 7.13. The second-order valence-electron chi connectivity index (χ2n) is 4.31. The van der Waals surface area contributed by atoms with E-state index in [2.05, 4.69) is 0 Å². The third-order valence-corrected chi connectivity index (χ3v) is 3.11. The van der Waals surface area contributed by atoms with Crippen LogP contribution >= 0.6 is 0 Å². The number of Topliss-reactive ketones (excluding diaryl/α,β-unsaturated/α-hetero) is 2. The van der Waals surface area contributed by atoms with Gasteiger partial charge in [0.25, 0.3) is 0 Å². The van der Waals surface area contributed by atoms with Crippen molar-refractivity contribution in [3.05, 3.63) is 0 Å². The first kappa shape index (κ1) is 10.8. The lowest BCUT2D eigenvalue weighted by molar-refractivity contribution is -0.188. The Hall–Kier alpha value is -0.740. The normalized spacial score (nSPS) is 29.3. The summed E-state index contributed by atoms with van der Waals surface area (Å²) < 4.78 is 11.2. The van der Waals surface area contributed by atoms with Gasteiger partial charge in [-0.2, -0.15) is 0 Å². The van der Waals surface area contributed by atoms with Crippen LogP contribution in [0.1, 0.15) is 39.0 Å². The van der Waals surface area contributed by atoms with Crippen LogP contribution < -0.4 is 0 Å². The molecule has 2 rings (SSSR count). The molecule has 0 aromatic carbocycles. The molecule has 1 spiro atoms. The molecule has 15 heavy (non-hydrogen) atoms. The van der Waals surface area contributed by atoms with Crippen LogP contribution in [0.5, 0.6) is 0 Å². The Labute approximate surface area is 88.9 Å². The van der Waals surface area contributed by atoms with Crippen molar-refractivity contribution in [2.24, 2.45) is 0 Å². The molecule has 0 N–H and O–H groups in total. The second kappa shape index (κ2) is 4.02. The predicted octanol–water partition coefficient (Wildman–Crippen LogP) is 1.22.